The van der Waals surface area contributed by atoms with Gasteiger partial charge in [-0.05, 0) is 25.9 Å². The van der Waals surface area contributed by atoms with Crippen LogP contribution < -0.4 is 0 Å². The van der Waals surface area contributed by atoms with Crippen LogP contribution in [0.5, 0.6) is 0 Å². The summed E-state index contributed by atoms with van der Waals surface area (Å²) in [6, 6.07) is 10.0. The molecule has 0 saturated heterocycles. The van der Waals surface area contributed by atoms with Gasteiger partial charge in [-0.1, -0.05) is 13.8 Å². The molecule has 0 saturated carbocycles. The number of hydrogen-bond donors (Lipinski definition) is 0. The maximum Gasteiger partial charge on any atom is 2.00 e. The minimum atomic E-state index is 0. The predicted molar refractivity (Wildman–Crippen MR) is 64.4 cm³/mol. The summed E-state index contributed by atoms with van der Waals surface area (Å²) in [6.07, 6.45) is 2.49. The molecule has 0 aliphatic heterocycles. The van der Waals surface area contributed by atoms with Gasteiger partial charge in [-0.25, -0.2) is 12.1 Å². The standard InChI is InChI=1S/C8H18N.C5H5.Ti/c1-4-7-9(6-3)8-5-2;1-2-4-5-3-1;/h3-8H2,1-2H3;1-5H;/q2*-1;+2. The second kappa shape index (κ2) is 14.0. The zero-order valence-corrected chi connectivity index (χ0v) is 11.6. The topological polar surface area (TPSA) is 3.24 Å². The van der Waals surface area contributed by atoms with Gasteiger partial charge in [0.2, 0.25) is 0 Å². The molecule has 0 aliphatic carbocycles. The van der Waals surface area contributed by atoms with Gasteiger partial charge in [-0.15, -0.1) is 6.54 Å². The van der Waals surface area contributed by atoms with E-state index in [9.17, 15) is 0 Å². The summed E-state index contributed by atoms with van der Waals surface area (Å²) in [7, 11) is 0. The van der Waals surface area contributed by atoms with Crippen LogP contribution in [0.4, 0.5) is 0 Å². The number of nitrogens with zero attached hydrogens (tertiary/aromatic N) is 1. The van der Waals surface area contributed by atoms with E-state index in [2.05, 4.69) is 25.7 Å². The zero-order valence-electron chi connectivity index (χ0n) is 10.1. The molecule has 0 bridgehead atoms. The van der Waals surface area contributed by atoms with Crippen LogP contribution in [0.3, 0.4) is 0 Å². The van der Waals surface area contributed by atoms with Crippen LogP contribution in [0.1, 0.15) is 26.7 Å². The maximum atomic E-state index is 3.85. The average molecular weight is 241 g/mol. The monoisotopic (exact) mass is 241 g/mol. The summed E-state index contributed by atoms with van der Waals surface area (Å²) in [4.78, 5) is 2.38. The molecule has 1 nitrogen and oxygen atoms in total. The fraction of sp³-hybridized carbons (Fsp3) is 0.538. The van der Waals surface area contributed by atoms with Crippen molar-refractivity contribution < 1.29 is 21.7 Å². The van der Waals surface area contributed by atoms with Crippen LogP contribution >= 0.6 is 0 Å². The van der Waals surface area contributed by atoms with E-state index >= 15 is 0 Å². The van der Waals surface area contributed by atoms with E-state index in [1.165, 1.54) is 25.9 Å². The Morgan fingerprint density at radius 3 is 1.73 bits per heavy atom. The summed E-state index contributed by atoms with van der Waals surface area (Å²) in [6.45, 7) is 11.6. The predicted octanol–water partition coefficient (Wildman–Crippen LogP) is 3.35. The molecule has 0 spiro atoms. The summed E-state index contributed by atoms with van der Waals surface area (Å²) in [5.41, 5.74) is 0. The van der Waals surface area contributed by atoms with E-state index < -0.39 is 0 Å². The van der Waals surface area contributed by atoms with Crippen molar-refractivity contribution in [2.45, 2.75) is 26.7 Å². The first-order chi connectivity index (χ1) is 6.85. The van der Waals surface area contributed by atoms with Crippen molar-refractivity contribution in [2.75, 3.05) is 19.6 Å². The first-order valence-electron chi connectivity index (χ1n) is 5.53. The molecule has 0 aromatic heterocycles. The van der Waals surface area contributed by atoms with Crippen molar-refractivity contribution in [1.82, 2.24) is 4.90 Å². The van der Waals surface area contributed by atoms with E-state index in [0.717, 1.165) is 6.54 Å². The molecule has 0 fully saturated rings. The van der Waals surface area contributed by atoms with Gasteiger partial charge in [0.05, 0.1) is 0 Å². The van der Waals surface area contributed by atoms with E-state index in [1.54, 1.807) is 0 Å². The summed E-state index contributed by atoms with van der Waals surface area (Å²) < 4.78 is 0. The first-order valence-corrected chi connectivity index (χ1v) is 5.53. The molecule has 84 valence electrons. The molecular weight excluding hydrogens is 218 g/mol. The van der Waals surface area contributed by atoms with Gasteiger partial charge in [-0.3, -0.25) is 0 Å². The Kier molecular flexibility index (Phi) is 16.3. The molecule has 1 aromatic carbocycles. The van der Waals surface area contributed by atoms with Gasteiger partial charge in [0, 0.05) is 0 Å². The van der Waals surface area contributed by atoms with Crippen molar-refractivity contribution in [3.8, 4) is 0 Å². The summed E-state index contributed by atoms with van der Waals surface area (Å²) in [5, 5.41) is 0. The molecule has 0 radical (unpaired) electrons. The van der Waals surface area contributed by atoms with Crippen LogP contribution in [-0.2, 0) is 21.7 Å². The molecule has 0 atom stereocenters. The fourth-order valence-electron chi connectivity index (χ4n) is 1.29. The number of hydrogen-bond acceptors (Lipinski definition) is 1. The van der Waals surface area contributed by atoms with Crippen LogP contribution in [0.25, 0.3) is 0 Å². The molecular formula is C13H23NTi. The maximum absolute atomic E-state index is 3.85. The molecule has 0 amide bonds. The number of rotatable bonds is 5. The Morgan fingerprint density at radius 1 is 1.07 bits per heavy atom. The van der Waals surface area contributed by atoms with Gasteiger partial charge in [0.1, 0.15) is 0 Å². The summed E-state index contributed by atoms with van der Waals surface area (Å²) >= 11 is 0. The largest absolute Gasteiger partial charge is 2.00 e. The van der Waals surface area contributed by atoms with Crippen LogP contribution in [0.15, 0.2) is 30.3 Å². The molecule has 1 aromatic rings. The summed E-state index contributed by atoms with van der Waals surface area (Å²) in [5.74, 6) is 0. The van der Waals surface area contributed by atoms with Gasteiger partial charge in [0.25, 0.3) is 0 Å². The Bertz CT molecular complexity index is 149. The third kappa shape index (κ3) is 12.0. The van der Waals surface area contributed by atoms with Gasteiger partial charge in [0.15, 0.2) is 0 Å². The second-order valence-corrected chi connectivity index (χ2v) is 3.30. The quantitative estimate of drug-likeness (QED) is 0.564. The molecule has 15 heavy (non-hydrogen) atoms. The first kappa shape index (κ1) is 17.4. The molecule has 0 heterocycles. The van der Waals surface area contributed by atoms with Crippen molar-refractivity contribution in [1.29, 1.82) is 0 Å². The Balaban J connectivity index is 0. The Hall–Kier alpha value is 0.0243. The van der Waals surface area contributed by atoms with Crippen molar-refractivity contribution in [2.24, 2.45) is 0 Å². The zero-order chi connectivity index (χ0) is 10.6. The van der Waals surface area contributed by atoms with Gasteiger partial charge < -0.3 is 11.8 Å². The average Bonchev–Trinajstić information content (AvgIpc) is 2.75. The van der Waals surface area contributed by atoms with Crippen LogP contribution in [0, 0.1) is 6.92 Å². The third-order valence-electron chi connectivity index (χ3n) is 1.95. The van der Waals surface area contributed by atoms with Crippen molar-refractivity contribution >= 4 is 0 Å². The molecule has 0 N–H and O–H groups in total. The van der Waals surface area contributed by atoms with Gasteiger partial charge >= 0.3 is 21.7 Å². The SMILES string of the molecule is [CH2-]CN(CCC)CCC.[Ti+2].c1cc[cH-]c1. The second-order valence-electron chi connectivity index (χ2n) is 3.30. The third-order valence-corrected chi connectivity index (χ3v) is 1.95. The van der Waals surface area contributed by atoms with Crippen molar-refractivity contribution in [3.05, 3.63) is 37.3 Å². The van der Waals surface area contributed by atoms with Gasteiger partial charge in [-0.2, -0.15) is 18.2 Å². The fourth-order valence-corrected chi connectivity index (χ4v) is 1.29. The van der Waals surface area contributed by atoms with E-state index in [4.69, 9.17) is 0 Å². The van der Waals surface area contributed by atoms with Crippen molar-refractivity contribution in [3.63, 3.8) is 0 Å². The molecule has 1 rings (SSSR count). The minimum absolute atomic E-state index is 0. The van der Waals surface area contributed by atoms with E-state index in [1.807, 2.05) is 30.3 Å². The van der Waals surface area contributed by atoms with E-state index in [0.29, 0.717) is 0 Å². The normalized spacial score (nSPS) is 9.07. The minimum Gasteiger partial charge on any atom is -0.333 e. The van der Waals surface area contributed by atoms with Crippen LogP contribution in [-0.4, -0.2) is 24.5 Å². The Morgan fingerprint density at radius 2 is 1.53 bits per heavy atom. The molecule has 0 aliphatic rings. The van der Waals surface area contributed by atoms with Crippen LogP contribution in [0.2, 0.25) is 0 Å². The Labute approximate surface area is 110 Å². The smallest absolute Gasteiger partial charge is 0.333 e. The molecule has 0 unspecified atom stereocenters. The molecule has 2 heteroatoms. The van der Waals surface area contributed by atoms with E-state index in [-0.39, 0.29) is 21.7 Å².